The number of rotatable bonds is 6. The molecule has 2 fully saturated rings. The molecule has 1 aliphatic carbocycles. The highest BCUT2D eigenvalue weighted by molar-refractivity contribution is 5.58. The first kappa shape index (κ1) is 29.5. The third-order valence-corrected chi connectivity index (χ3v) is 8.93. The third-order valence-electron chi connectivity index (χ3n) is 8.93. The normalized spacial score (nSPS) is 20.3. The number of hydrogen-bond acceptors (Lipinski definition) is 4. The van der Waals surface area contributed by atoms with Crippen LogP contribution in [0.15, 0.2) is 53.8 Å². The van der Waals surface area contributed by atoms with Gasteiger partial charge >= 0.3 is 18.0 Å². The van der Waals surface area contributed by atoms with Crippen LogP contribution in [0, 0.1) is 11.8 Å². The zero-order valence-corrected chi connectivity index (χ0v) is 23.7. The van der Waals surface area contributed by atoms with Gasteiger partial charge in [-0.2, -0.15) is 26.3 Å². The zero-order chi connectivity index (χ0) is 30.7. The molecule has 1 saturated carbocycles. The molecule has 2 aliphatic rings. The standard InChI is InChI=1S/C30H32F6N6O/c1-18-6-5-11-40(14-18)26(30(34,35)36)21-13-23(29(31,32)33)24-16-41(28(43)42(24)15-21)22-10-4-9-20(12-22)25(19-7-3-8-19)27-38-37-17-39(27)2/h4,9-10,12-13,15-19,25-26H,3,5-8,11,14H2,1-2H3/t18-,25-,26+/m0/s1. The number of likely N-dealkylation sites (tertiary alicyclic amines) is 1. The molecule has 6 rings (SSSR count). The van der Waals surface area contributed by atoms with E-state index < -0.39 is 40.7 Å². The Kier molecular flexibility index (Phi) is 7.42. The van der Waals surface area contributed by atoms with Gasteiger partial charge in [-0.25, -0.2) is 4.79 Å². The topological polar surface area (TPSA) is 60.4 Å². The number of nitrogens with zero attached hydrogens (tertiary/aromatic N) is 6. The molecule has 43 heavy (non-hydrogen) atoms. The zero-order valence-electron chi connectivity index (χ0n) is 23.7. The lowest BCUT2D eigenvalue weighted by atomic mass is 9.72. The number of fused-ring (bicyclic) bond motifs is 1. The number of alkyl halides is 6. The molecule has 4 heterocycles. The Bertz CT molecular complexity index is 1680. The molecule has 0 spiro atoms. The molecule has 0 N–H and O–H groups in total. The summed E-state index contributed by atoms with van der Waals surface area (Å²) in [4.78, 5) is 14.8. The summed E-state index contributed by atoms with van der Waals surface area (Å²) in [5.41, 5.74) is -2.15. The summed E-state index contributed by atoms with van der Waals surface area (Å²) in [6.45, 7) is 2.02. The number of aryl methyl sites for hydroxylation is 1. The van der Waals surface area contributed by atoms with Gasteiger partial charge < -0.3 is 4.57 Å². The Labute approximate surface area is 243 Å². The van der Waals surface area contributed by atoms with Crippen LogP contribution in [0.4, 0.5) is 26.3 Å². The lowest BCUT2D eigenvalue weighted by Crippen LogP contribution is -2.44. The fraction of sp³-hybridized carbons (Fsp3) is 0.500. The summed E-state index contributed by atoms with van der Waals surface area (Å²) in [7, 11) is 1.84. The summed E-state index contributed by atoms with van der Waals surface area (Å²) < 4.78 is 90.1. The van der Waals surface area contributed by atoms with Gasteiger partial charge in [-0.3, -0.25) is 13.9 Å². The van der Waals surface area contributed by atoms with Crippen LogP contribution in [0.25, 0.3) is 11.2 Å². The number of halogens is 6. The summed E-state index contributed by atoms with van der Waals surface area (Å²) in [5.74, 6) is 0.862. The first-order valence-electron chi connectivity index (χ1n) is 14.4. The molecular weight excluding hydrogens is 574 g/mol. The third kappa shape index (κ3) is 5.47. The Morgan fingerprint density at radius 1 is 0.977 bits per heavy atom. The van der Waals surface area contributed by atoms with Gasteiger partial charge in [-0.05, 0) is 73.4 Å². The Balaban J connectivity index is 1.49. The summed E-state index contributed by atoms with van der Waals surface area (Å²) in [6, 6.07) is 5.21. The van der Waals surface area contributed by atoms with Crippen LogP contribution in [0.3, 0.4) is 0 Å². The van der Waals surface area contributed by atoms with E-state index in [-0.39, 0.29) is 24.9 Å². The average Bonchev–Trinajstić information content (AvgIpc) is 3.47. The van der Waals surface area contributed by atoms with Crippen molar-refractivity contribution in [1.29, 1.82) is 0 Å². The van der Waals surface area contributed by atoms with Crippen molar-refractivity contribution < 1.29 is 26.3 Å². The Morgan fingerprint density at radius 2 is 1.74 bits per heavy atom. The number of aromatic nitrogens is 5. The molecule has 1 saturated heterocycles. The largest absolute Gasteiger partial charge is 0.418 e. The maximum Gasteiger partial charge on any atom is 0.418 e. The van der Waals surface area contributed by atoms with Gasteiger partial charge in [0.2, 0.25) is 0 Å². The van der Waals surface area contributed by atoms with E-state index in [4.69, 9.17) is 0 Å². The highest BCUT2D eigenvalue weighted by Gasteiger charge is 2.47. The van der Waals surface area contributed by atoms with Crippen LogP contribution in [-0.4, -0.2) is 47.9 Å². The van der Waals surface area contributed by atoms with E-state index in [0.717, 1.165) is 54.0 Å². The van der Waals surface area contributed by atoms with E-state index in [0.29, 0.717) is 28.5 Å². The van der Waals surface area contributed by atoms with Crippen LogP contribution < -0.4 is 5.69 Å². The van der Waals surface area contributed by atoms with Crippen molar-refractivity contribution in [1.82, 2.24) is 28.6 Å². The highest BCUT2D eigenvalue weighted by atomic mass is 19.4. The predicted molar refractivity (Wildman–Crippen MR) is 147 cm³/mol. The minimum Gasteiger partial charge on any atom is -0.320 e. The molecule has 1 aliphatic heterocycles. The first-order valence-corrected chi connectivity index (χ1v) is 14.4. The van der Waals surface area contributed by atoms with Crippen molar-refractivity contribution in [2.75, 3.05) is 13.1 Å². The van der Waals surface area contributed by atoms with Gasteiger partial charge in [-0.15, -0.1) is 10.2 Å². The molecule has 4 aromatic rings. The maximum atomic E-state index is 14.5. The van der Waals surface area contributed by atoms with Gasteiger partial charge in [-0.1, -0.05) is 25.5 Å². The monoisotopic (exact) mass is 606 g/mol. The van der Waals surface area contributed by atoms with Crippen LogP contribution in [-0.2, 0) is 13.2 Å². The van der Waals surface area contributed by atoms with Gasteiger partial charge in [0.1, 0.15) is 18.2 Å². The minimum absolute atomic E-state index is 0.0363. The first-order chi connectivity index (χ1) is 20.3. The average molecular weight is 607 g/mol. The van der Waals surface area contributed by atoms with Crippen LogP contribution in [0.5, 0.6) is 0 Å². The van der Waals surface area contributed by atoms with Gasteiger partial charge in [0, 0.05) is 31.9 Å². The van der Waals surface area contributed by atoms with Gasteiger partial charge in [0.25, 0.3) is 0 Å². The van der Waals surface area contributed by atoms with Gasteiger partial charge in [0.05, 0.1) is 16.8 Å². The second-order valence-corrected chi connectivity index (χ2v) is 12.0. The molecule has 13 heteroatoms. The van der Waals surface area contributed by atoms with Gasteiger partial charge in [0.15, 0.2) is 0 Å². The fourth-order valence-electron chi connectivity index (χ4n) is 6.69. The van der Waals surface area contributed by atoms with E-state index in [2.05, 4.69) is 10.2 Å². The molecule has 0 unspecified atom stereocenters. The second-order valence-electron chi connectivity index (χ2n) is 12.0. The van der Waals surface area contributed by atoms with Crippen molar-refractivity contribution in [2.24, 2.45) is 18.9 Å². The van der Waals surface area contributed by atoms with Crippen LogP contribution >= 0.6 is 0 Å². The molecule has 7 nitrogen and oxygen atoms in total. The van der Waals surface area contributed by atoms with Crippen molar-refractivity contribution >= 4 is 5.52 Å². The molecule has 0 bridgehead atoms. The number of hydrogen-bond donors (Lipinski definition) is 0. The number of piperidine rings is 1. The van der Waals surface area contributed by atoms with Crippen molar-refractivity contribution in [2.45, 2.75) is 63.3 Å². The van der Waals surface area contributed by atoms with Crippen molar-refractivity contribution in [3.05, 3.63) is 82.1 Å². The predicted octanol–water partition coefficient (Wildman–Crippen LogP) is 6.50. The smallest absolute Gasteiger partial charge is 0.320 e. The van der Waals surface area contributed by atoms with E-state index in [1.165, 1.54) is 4.90 Å². The van der Waals surface area contributed by atoms with E-state index in [1.807, 2.05) is 24.6 Å². The Morgan fingerprint density at radius 3 is 2.35 bits per heavy atom. The lowest BCUT2D eigenvalue weighted by Gasteiger charge is -2.38. The second kappa shape index (κ2) is 10.8. The number of imidazole rings is 1. The Hall–Kier alpha value is -3.61. The van der Waals surface area contributed by atoms with Crippen LogP contribution in [0.1, 0.15) is 73.5 Å². The quantitative estimate of drug-likeness (QED) is 0.235. The van der Waals surface area contributed by atoms with Crippen molar-refractivity contribution in [3.63, 3.8) is 0 Å². The van der Waals surface area contributed by atoms with Crippen molar-refractivity contribution in [3.8, 4) is 5.69 Å². The molecule has 0 radical (unpaired) electrons. The fourth-order valence-corrected chi connectivity index (χ4v) is 6.69. The van der Waals surface area contributed by atoms with E-state index in [1.54, 1.807) is 24.5 Å². The molecule has 1 aromatic carbocycles. The molecule has 3 atom stereocenters. The molecular formula is C30H32F6N6O. The van der Waals surface area contributed by atoms with E-state index in [9.17, 15) is 31.1 Å². The maximum absolute atomic E-state index is 14.5. The SMILES string of the molecule is C[C@H]1CCCN([C@H](c2cc(C(F)(F)F)c3cn(-c4cccc([C@@H](c5nncn5C)C5CCC5)c4)c(=O)n3c2)C(F)(F)F)C1. The summed E-state index contributed by atoms with van der Waals surface area (Å²) >= 11 is 0. The number of pyridine rings is 1. The highest BCUT2D eigenvalue weighted by Crippen LogP contribution is 2.44. The molecule has 230 valence electrons. The minimum atomic E-state index is -4.99. The molecule has 3 aromatic heterocycles. The number of benzene rings is 1. The summed E-state index contributed by atoms with van der Waals surface area (Å²) in [6.07, 6.45) is -1.98. The molecule has 0 amide bonds. The van der Waals surface area contributed by atoms with Crippen LogP contribution in [0.2, 0.25) is 0 Å². The van der Waals surface area contributed by atoms with E-state index >= 15 is 0 Å². The summed E-state index contributed by atoms with van der Waals surface area (Å²) in [5, 5.41) is 8.30. The lowest BCUT2D eigenvalue weighted by molar-refractivity contribution is -0.191.